The van der Waals surface area contributed by atoms with Crippen LogP contribution in [0.1, 0.15) is 10.4 Å². The molecular formula is C21H17N5O4. The van der Waals surface area contributed by atoms with Crippen LogP contribution in [0.4, 0.5) is 5.69 Å². The number of fused-ring (bicyclic) bond motifs is 1. The highest BCUT2D eigenvalue weighted by molar-refractivity contribution is 6.03. The molecule has 0 aliphatic carbocycles. The van der Waals surface area contributed by atoms with Crippen LogP contribution in [0.5, 0.6) is 5.75 Å². The predicted molar refractivity (Wildman–Crippen MR) is 109 cm³/mol. The number of para-hydroxylation sites is 2. The maximum Gasteiger partial charge on any atom is 0.331 e. The van der Waals surface area contributed by atoms with E-state index in [1.165, 1.54) is 21.6 Å². The third-order valence-corrected chi connectivity index (χ3v) is 4.35. The minimum atomic E-state index is -0.597. The van der Waals surface area contributed by atoms with Gasteiger partial charge in [-0.1, -0.05) is 12.1 Å². The Kier molecular flexibility index (Phi) is 5.08. The third kappa shape index (κ3) is 4.09. The van der Waals surface area contributed by atoms with Crippen LogP contribution >= 0.6 is 0 Å². The summed E-state index contributed by atoms with van der Waals surface area (Å²) in [7, 11) is 1.72. The van der Waals surface area contributed by atoms with Gasteiger partial charge in [0.25, 0.3) is 11.5 Å². The van der Waals surface area contributed by atoms with Gasteiger partial charge in [0.05, 0.1) is 29.0 Å². The average Bonchev–Trinajstić information content (AvgIpc) is 3.18. The first kappa shape index (κ1) is 19.1. The summed E-state index contributed by atoms with van der Waals surface area (Å²) in [6.45, 7) is -0.249. The standard InChI is InChI=1S/C21H17N5O4/c1-25-12-14(10-23-25)21(29)24-15-6-8-16(9-7-15)30-20(28)13-26-18-5-3-2-4-17(18)22-11-19(26)27/h2-12H,13H2,1H3,(H,24,29). The van der Waals surface area contributed by atoms with Gasteiger partial charge in [0.15, 0.2) is 0 Å². The number of esters is 1. The van der Waals surface area contributed by atoms with E-state index in [1.54, 1.807) is 61.8 Å². The molecular weight excluding hydrogens is 386 g/mol. The Bertz CT molecular complexity index is 1290. The van der Waals surface area contributed by atoms with Gasteiger partial charge >= 0.3 is 5.97 Å². The molecule has 1 N–H and O–H groups in total. The summed E-state index contributed by atoms with van der Waals surface area (Å²) in [4.78, 5) is 40.7. The number of anilines is 1. The van der Waals surface area contributed by atoms with Gasteiger partial charge in [0.1, 0.15) is 12.3 Å². The second-order valence-electron chi connectivity index (χ2n) is 6.53. The third-order valence-electron chi connectivity index (χ3n) is 4.35. The second kappa shape index (κ2) is 8.00. The number of rotatable bonds is 5. The van der Waals surface area contributed by atoms with Crippen molar-refractivity contribution in [3.8, 4) is 5.75 Å². The van der Waals surface area contributed by atoms with Crippen LogP contribution in [-0.2, 0) is 18.4 Å². The van der Waals surface area contributed by atoms with Crippen molar-refractivity contribution in [3.63, 3.8) is 0 Å². The molecule has 150 valence electrons. The van der Waals surface area contributed by atoms with Crippen molar-refractivity contribution < 1.29 is 14.3 Å². The summed E-state index contributed by atoms with van der Waals surface area (Å²) < 4.78 is 8.17. The van der Waals surface area contributed by atoms with E-state index in [1.807, 2.05) is 0 Å². The lowest BCUT2D eigenvalue weighted by Gasteiger charge is -2.10. The maximum absolute atomic E-state index is 12.3. The monoisotopic (exact) mass is 403 g/mol. The van der Waals surface area contributed by atoms with Crippen molar-refractivity contribution in [3.05, 3.63) is 83.0 Å². The van der Waals surface area contributed by atoms with Crippen molar-refractivity contribution in [2.75, 3.05) is 5.32 Å². The van der Waals surface area contributed by atoms with Gasteiger partial charge < -0.3 is 10.1 Å². The minimum Gasteiger partial charge on any atom is -0.425 e. The first-order valence-electron chi connectivity index (χ1n) is 9.05. The predicted octanol–water partition coefficient (Wildman–Crippen LogP) is 1.99. The van der Waals surface area contributed by atoms with Crippen LogP contribution in [0.25, 0.3) is 11.0 Å². The Hall–Kier alpha value is -4.27. The first-order chi connectivity index (χ1) is 14.5. The van der Waals surface area contributed by atoms with E-state index in [2.05, 4.69) is 15.4 Å². The van der Waals surface area contributed by atoms with E-state index in [9.17, 15) is 14.4 Å². The summed E-state index contributed by atoms with van der Waals surface area (Å²) in [6, 6.07) is 13.4. The number of hydrogen-bond donors (Lipinski definition) is 1. The molecule has 0 aliphatic heterocycles. The molecule has 2 aromatic carbocycles. The zero-order valence-corrected chi connectivity index (χ0v) is 16.0. The number of amides is 1. The first-order valence-corrected chi connectivity index (χ1v) is 9.05. The van der Waals surface area contributed by atoms with Crippen molar-refractivity contribution >= 4 is 28.6 Å². The number of aromatic nitrogens is 4. The minimum absolute atomic E-state index is 0.249. The maximum atomic E-state index is 12.3. The van der Waals surface area contributed by atoms with Gasteiger partial charge in [-0.05, 0) is 36.4 Å². The fraction of sp³-hybridized carbons (Fsp3) is 0.0952. The van der Waals surface area contributed by atoms with Crippen molar-refractivity contribution in [1.82, 2.24) is 19.3 Å². The van der Waals surface area contributed by atoms with E-state index in [-0.39, 0.29) is 18.0 Å². The topological polar surface area (TPSA) is 108 Å². The molecule has 2 heterocycles. The molecule has 9 nitrogen and oxygen atoms in total. The average molecular weight is 403 g/mol. The van der Waals surface area contributed by atoms with Crippen molar-refractivity contribution in [1.29, 1.82) is 0 Å². The van der Waals surface area contributed by atoms with E-state index in [4.69, 9.17) is 4.74 Å². The molecule has 0 saturated carbocycles. The molecule has 4 rings (SSSR count). The number of carbonyl (C=O) groups excluding carboxylic acids is 2. The Morgan fingerprint density at radius 2 is 1.83 bits per heavy atom. The zero-order valence-electron chi connectivity index (χ0n) is 16.0. The molecule has 0 unspecified atom stereocenters. The number of nitrogens with zero attached hydrogens (tertiary/aromatic N) is 4. The number of carbonyl (C=O) groups is 2. The Labute approximate surface area is 170 Å². The summed E-state index contributed by atoms with van der Waals surface area (Å²) in [6.07, 6.45) is 4.25. The van der Waals surface area contributed by atoms with Gasteiger partial charge in [-0.15, -0.1) is 0 Å². The van der Waals surface area contributed by atoms with Gasteiger partial charge in [0, 0.05) is 18.9 Å². The van der Waals surface area contributed by atoms with E-state index in [0.29, 0.717) is 28.0 Å². The van der Waals surface area contributed by atoms with E-state index in [0.717, 1.165) is 0 Å². The fourth-order valence-corrected chi connectivity index (χ4v) is 2.92. The van der Waals surface area contributed by atoms with Crippen LogP contribution < -0.4 is 15.6 Å². The number of ether oxygens (including phenoxy) is 1. The van der Waals surface area contributed by atoms with Gasteiger partial charge in [-0.2, -0.15) is 5.10 Å². The summed E-state index contributed by atoms with van der Waals surface area (Å²) in [5.41, 5.74) is 1.75. The molecule has 30 heavy (non-hydrogen) atoms. The molecule has 0 fully saturated rings. The van der Waals surface area contributed by atoms with Crippen LogP contribution in [0.3, 0.4) is 0 Å². The quantitative estimate of drug-likeness (QED) is 0.403. The number of aryl methyl sites for hydroxylation is 1. The number of hydrogen-bond acceptors (Lipinski definition) is 6. The highest BCUT2D eigenvalue weighted by atomic mass is 16.5. The van der Waals surface area contributed by atoms with Gasteiger partial charge in [-0.25, -0.2) is 9.78 Å². The van der Waals surface area contributed by atoms with Crippen molar-refractivity contribution in [2.45, 2.75) is 6.54 Å². The van der Waals surface area contributed by atoms with E-state index < -0.39 is 5.97 Å². The summed E-state index contributed by atoms with van der Waals surface area (Å²) in [5, 5.41) is 6.69. The Balaban J connectivity index is 1.43. The SMILES string of the molecule is Cn1cc(C(=O)Nc2ccc(OC(=O)Cn3c(=O)cnc4ccccc43)cc2)cn1. The molecule has 0 bridgehead atoms. The molecule has 1 amide bonds. The molecule has 0 spiro atoms. The molecule has 9 heteroatoms. The van der Waals surface area contributed by atoms with E-state index >= 15 is 0 Å². The number of benzene rings is 2. The highest BCUT2D eigenvalue weighted by Crippen LogP contribution is 2.17. The lowest BCUT2D eigenvalue weighted by molar-refractivity contribution is -0.135. The van der Waals surface area contributed by atoms with Crippen LogP contribution in [0.15, 0.2) is 71.9 Å². The Morgan fingerprint density at radius 1 is 1.07 bits per heavy atom. The summed E-state index contributed by atoms with van der Waals surface area (Å²) >= 11 is 0. The van der Waals surface area contributed by atoms with Crippen LogP contribution in [0, 0.1) is 0 Å². The van der Waals surface area contributed by atoms with Crippen molar-refractivity contribution in [2.24, 2.45) is 7.05 Å². The molecule has 0 saturated heterocycles. The van der Waals surface area contributed by atoms with Gasteiger partial charge in [-0.3, -0.25) is 18.8 Å². The van der Waals surface area contributed by atoms with Crippen LogP contribution in [-0.4, -0.2) is 31.2 Å². The molecule has 4 aromatic rings. The zero-order chi connectivity index (χ0) is 21.1. The number of nitrogens with one attached hydrogen (secondary N) is 1. The molecule has 0 aliphatic rings. The molecule has 0 atom stereocenters. The highest BCUT2D eigenvalue weighted by Gasteiger charge is 2.12. The molecule has 0 radical (unpaired) electrons. The largest absolute Gasteiger partial charge is 0.425 e. The molecule has 2 aromatic heterocycles. The Morgan fingerprint density at radius 3 is 2.57 bits per heavy atom. The summed E-state index contributed by atoms with van der Waals surface area (Å²) in [5.74, 6) is -0.594. The second-order valence-corrected chi connectivity index (χ2v) is 6.53. The smallest absolute Gasteiger partial charge is 0.331 e. The lowest BCUT2D eigenvalue weighted by Crippen LogP contribution is -2.26. The normalized spacial score (nSPS) is 10.7. The van der Waals surface area contributed by atoms with Crippen LogP contribution in [0.2, 0.25) is 0 Å². The van der Waals surface area contributed by atoms with Gasteiger partial charge in [0.2, 0.25) is 0 Å². The lowest BCUT2D eigenvalue weighted by atomic mass is 10.2. The fourth-order valence-electron chi connectivity index (χ4n) is 2.92.